The van der Waals surface area contributed by atoms with Crippen molar-refractivity contribution >= 4 is 21.6 Å². The number of anilines is 1. The van der Waals surface area contributed by atoms with Crippen LogP contribution < -0.4 is 5.32 Å². The summed E-state index contributed by atoms with van der Waals surface area (Å²) in [5.74, 6) is -2.64. The Hall–Kier alpha value is -2.32. The third-order valence-corrected chi connectivity index (χ3v) is 7.04. The number of benzene rings is 2. The average molecular weight is 422 g/mol. The zero-order valence-corrected chi connectivity index (χ0v) is 17.0. The fourth-order valence-electron chi connectivity index (χ4n) is 3.57. The van der Waals surface area contributed by atoms with Gasteiger partial charge in [-0.15, -0.1) is 0 Å². The van der Waals surface area contributed by atoms with Crippen LogP contribution in [0.2, 0.25) is 0 Å². The zero-order valence-electron chi connectivity index (χ0n) is 16.2. The number of amides is 1. The highest BCUT2D eigenvalue weighted by molar-refractivity contribution is 7.89. The second kappa shape index (κ2) is 9.00. The maximum atomic E-state index is 14.5. The molecular weight excluding hydrogens is 398 g/mol. The molecule has 2 aromatic carbocycles. The van der Waals surface area contributed by atoms with Crippen molar-refractivity contribution in [1.29, 1.82) is 0 Å². The SMILES string of the molecule is CCCS(=O)(=O)N1CCCC(C(=O)Nc2c(F)cc(F)cc2-c2ccccc2)C1. The van der Waals surface area contributed by atoms with Crippen molar-refractivity contribution < 1.29 is 22.0 Å². The normalized spacial score (nSPS) is 17.8. The molecule has 5 nitrogen and oxygen atoms in total. The van der Waals surface area contributed by atoms with Crippen molar-refractivity contribution in [2.45, 2.75) is 26.2 Å². The maximum Gasteiger partial charge on any atom is 0.228 e. The molecule has 1 unspecified atom stereocenters. The van der Waals surface area contributed by atoms with Gasteiger partial charge >= 0.3 is 0 Å². The number of nitrogens with one attached hydrogen (secondary N) is 1. The summed E-state index contributed by atoms with van der Waals surface area (Å²) in [6.07, 6.45) is 1.56. The van der Waals surface area contributed by atoms with E-state index in [-0.39, 0.29) is 23.5 Å². The lowest BCUT2D eigenvalue weighted by Crippen LogP contribution is -2.44. The Labute approximate surface area is 169 Å². The molecule has 1 aliphatic heterocycles. The van der Waals surface area contributed by atoms with Gasteiger partial charge in [-0.05, 0) is 30.9 Å². The van der Waals surface area contributed by atoms with E-state index < -0.39 is 33.5 Å². The lowest BCUT2D eigenvalue weighted by atomic mass is 9.97. The molecule has 0 spiro atoms. The standard InChI is InChI=1S/C21H24F2N2O3S/c1-2-11-29(27,28)25-10-6-9-16(14-25)21(26)24-20-18(12-17(22)13-19(20)23)15-7-4-3-5-8-15/h3-5,7-8,12-13,16H,2,6,9-11,14H2,1H3,(H,24,26). The van der Waals surface area contributed by atoms with Crippen LogP contribution in [0.5, 0.6) is 0 Å². The van der Waals surface area contributed by atoms with E-state index in [4.69, 9.17) is 0 Å². The number of hydrogen-bond acceptors (Lipinski definition) is 3. The third kappa shape index (κ3) is 5.00. The van der Waals surface area contributed by atoms with Gasteiger partial charge in [0.25, 0.3) is 0 Å². The van der Waals surface area contributed by atoms with Crippen molar-refractivity contribution in [2.24, 2.45) is 5.92 Å². The molecular formula is C21H24F2N2O3S. The molecule has 0 bridgehead atoms. The fourth-order valence-corrected chi connectivity index (χ4v) is 5.16. The summed E-state index contributed by atoms with van der Waals surface area (Å²) < 4.78 is 54.4. The van der Waals surface area contributed by atoms with Crippen LogP contribution in [0.25, 0.3) is 11.1 Å². The predicted molar refractivity (Wildman–Crippen MR) is 109 cm³/mol. The minimum atomic E-state index is -3.41. The van der Waals surface area contributed by atoms with E-state index in [0.29, 0.717) is 31.4 Å². The van der Waals surface area contributed by atoms with Gasteiger partial charge in [-0.25, -0.2) is 21.5 Å². The Bertz CT molecular complexity index is 981. The molecule has 1 saturated heterocycles. The first kappa shape index (κ1) is 21.4. The molecule has 29 heavy (non-hydrogen) atoms. The van der Waals surface area contributed by atoms with E-state index in [1.54, 1.807) is 37.3 Å². The summed E-state index contributed by atoms with van der Waals surface area (Å²) in [5.41, 5.74) is 0.704. The summed E-state index contributed by atoms with van der Waals surface area (Å²) in [6, 6.07) is 10.5. The first-order chi connectivity index (χ1) is 13.8. The Morgan fingerprint density at radius 2 is 1.93 bits per heavy atom. The number of halogens is 2. The van der Waals surface area contributed by atoms with Crippen molar-refractivity contribution in [3.8, 4) is 11.1 Å². The minimum Gasteiger partial charge on any atom is -0.323 e. The van der Waals surface area contributed by atoms with Crippen LogP contribution in [0.1, 0.15) is 26.2 Å². The summed E-state index contributed by atoms with van der Waals surface area (Å²) in [5, 5.41) is 2.58. The molecule has 3 rings (SSSR count). The second-order valence-electron chi connectivity index (χ2n) is 7.18. The van der Waals surface area contributed by atoms with Crippen LogP contribution in [0.15, 0.2) is 42.5 Å². The number of nitrogens with zero attached hydrogens (tertiary/aromatic N) is 1. The summed E-state index contributed by atoms with van der Waals surface area (Å²) in [6.45, 7) is 2.23. The summed E-state index contributed by atoms with van der Waals surface area (Å²) in [4.78, 5) is 12.8. The molecule has 0 saturated carbocycles. The van der Waals surface area contributed by atoms with Crippen molar-refractivity contribution in [1.82, 2.24) is 4.31 Å². The van der Waals surface area contributed by atoms with E-state index in [1.807, 2.05) is 0 Å². The van der Waals surface area contributed by atoms with E-state index in [9.17, 15) is 22.0 Å². The molecule has 156 valence electrons. The van der Waals surface area contributed by atoms with Crippen LogP contribution >= 0.6 is 0 Å². The van der Waals surface area contributed by atoms with Crippen LogP contribution in [0, 0.1) is 17.6 Å². The Morgan fingerprint density at radius 3 is 2.62 bits per heavy atom. The average Bonchev–Trinajstić information content (AvgIpc) is 2.70. The largest absolute Gasteiger partial charge is 0.323 e. The van der Waals surface area contributed by atoms with Crippen LogP contribution in [0.4, 0.5) is 14.5 Å². The maximum absolute atomic E-state index is 14.5. The first-order valence-corrected chi connectivity index (χ1v) is 11.3. The molecule has 2 aromatic rings. The molecule has 0 aliphatic carbocycles. The zero-order chi connectivity index (χ0) is 21.0. The van der Waals surface area contributed by atoms with E-state index in [2.05, 4.69) is 5.32 Å². The quantitative estimate of drug-likeness (QED) is 0.765. The molecule has 1 fully saturated rings. The van der Waals surface area contributed by atoms with Gasteiger partial charge in [-0.1, -0.05) is 37.3 Å². The monoisotopic (exact) mass is 422 g/mol. The van der Waals surface area contributed by atoms with Gasteiger partial charge in [0, 0.05) is 24.7 Å². The topological polar surface area (TPSA) is 66.5 Å². The number of carbonyl (C=O) groups is 1. The Morgan fingerprint density at radius 1 is 1.21 bits per heavy atom. The van der Waals surface area contributed by atoms with E-state index in [1.165, 1.54) is 10.4 Å². The van der Waals surface area contributed by atoms with Gasteiger partial charge in [0.2, 0.25) is 15.9 Å². The van der Waals surface area contributed by atoms with Crippen molar-refractivity contribution in [3.63, 3.8) is 0 Å². The van der Waals surface area contributed by atoms with E-state index in [0.717, 1.165) is 6.07 Å². The van der Waals surface area contributed by atoms with Gasteiger partial charge in [0.1, 0.15) is 11.6 Å². The third-order valence-electron chi connectivity index (χ3n) is 5.00. The predicted octanol–water partition coefficient (Wildman–Crippen LogP) is 4.02. The van der Waals surface area contributed by atoms with Crippen molar-refractivity contribution in [2.75, 3.05) is 24.2 Å². The van der Waals surface area contributed by atoms with E-state index >= 15 is 0 Å². The highest BCUT2D eigenvalue weighted by Crippen LogP contribution is 2.32. The molecule has 1 N–H and O–H groups in total. The number of rotatable bonds is 6. The van der Waals surface area contributed by atoms with Crippen LogP contribution in [0.3, 0.4) is 0 Å². The number of piperidine rings is 1. The molecule has 0 radical (unpaired) electrons. The van der Waals surface area contributed by atoms with Crippen LogP contribution in [-0.4, -0.2) is 37.5 Å². The number of carbonyl (C=O) groups excluding carboxylic acids is 1. The first-order valence-electron chi connectivity index (χ1n) is 9.65. The van der Waals surface area contributed by atoms with Gasteiger partial charge in [0.15, 0.2) is 0 Å². The molecule has 1 heterocycles. The summed E-state index contributed by atoms with van der Waals surface area (Å²) >= 11 is 0. The fraction of sp³-hybridized carbons (Fsp3) is 0.381. The van der Waals surface area contributed by atoms with Crippen LogP contribution in [-0.2, 0) is 14.8 Å². The minimum absolute atomic E-state index is 0.0338. The Balaban J connectivity index is 1.84. The van der Waals surface area contributed by atoms with Crippen molar-refractivity contribution in [3.05, 3.63) is 54.1 Å². The summed E-state index contributed by atoms with van der Waals surface area (Å²) in [7, 11) is -3.41. The van der Waals surface area contributed by atoms with Gasteiger partial charge in [-0.2, -0.15) is 0 Å². The molecule has 1 amide bonds. The number of sulfonamides is 1. The second-order valence-corrected chi connectivity index (χ2v) is 9.27. The lowest BCUT2D eigenvalue weighted by Gasteiger charge is -2.31. The highest BCUT2D eigenvalue weighted by Gasteiger charge is 2.32. The van der Waals surface area contributed by atoms with Gasteiger partial charge in [-0.3, -0.25) is 4.79 Å². The van der Waals surface area contributed by atoms with Gasteiger partial charge < -0.3 is 5.32 Å². The highest BCUT2D eigenvalue weighted by atomic mass is 32.2. The molecule has 0 aromatic heterocycles. The number of hydrogen-bond donors (Lipinski definition) is 1. The Kier molecular flexibility index (Phi) is 6.64. The smallest absolute Gasteiger partial charge is 0.228 e. The molecule has 1 aliphatic rings. The molecule has 8 heteroatoms. The molecule has 1 atom stereocenters. The lowest BCUT2D eigenvalue weighted by molar-refractivity contribution is -0.120. The van der Waals surface area contributed by atoms with Gasteiger partial charge in [0.05, 0.1) is 17.4 Å².